The van der Waals surface area contributed by atoms with Crippen LogP contribution in [0.2, 0.25) is 0 Å². The second-order valence-electron chi connectivity index (χ2n) is 4.15. The van der Waals surface area contributed by atoms with Gasteiger partial charge in [-0.25, -0.2) is 0 Å². The van der Waals surface area contributed by atoms with Gasteiger partial charge < -0.3 is 14.9 Å². The number of nitrogens with zero attached hydrogens (tertiary/aromatic N) is 1. The molecule has 1 aromatic rings. The molecule has 1 aliphatic heterocycles. The molecule has 4 nitrogen and oxygen atoms in total. The maximum atomic E-state index is 9.90. The Kier molecular flexibility index (Phi) is 3.31. The zero-order valence-corrected chi connectivity index (χ0v) is 9.39. The molecular formula is C12H17NO3. The lowest BCUT2D eigenvalue weighted by Crippen LogP contribution is -2.21. The fraction of sp³-hybridized carbons (Fsp3) is 0.500. The molecule has 0 amide bonds. The summed E-state index contributed by atoms with van der Waals surface area (Å²) in [5.41, 5.74) is 0.841. The molecule has 1 fully saturated rings. The van der Waals surface area contributed by atoms with E-state index < -0.39 is 0 Å². The van der Waals surface area contributed by atoms with Crippen molar-refractivity contribution in [1.82, 2.24) is 4.90 Å². The first-order valence-electron chi connectivity index (χ1n) is 5.46. The van der Waals surface area contributed by atoms with E-state index in [1.807, 2.05) is 12.1 Å². The molecule has 0 radical (unpaired) electrons. The summed E-state index contributed by atoms with van der Waals surface area (Å²) in [6.07, 6.45) is 0.581. The Morgan fingerprint density at radius 2 is 2.31 bits per heavy atom. The van der Waals surface area contributed by atoms with Crippen LogP contribution in [0.4, 0.5) is 0 Å². The van der Waals surface area contributed by atoms with Crippen molar-refractivity contribution in [1.29, 1.82) is 0 Å². The van der Waals surface area contributed by atoms with Gasteiger partial charge in [0.05, 0.1) is 13.2 Å². The number of hydrogen-bond acceptors (Lipinski definition) is 4. The van der Waals surface area contributed by atoms with E-state index in [9.17, 15) is 10.2 Å². The third-order valence-electron chi connectivity index (χ3n) is 2.94. The number of rotatable bonds is 3. The predicted molar refractivity (Wildman–Crippen MR) is 60.6 cm³/mol. The van der Waals surface area contributed by atoms with Gasteiger partial charge in [0.1, 0.15) is 0 Å². The van der Waals surface area contributed by atoms with Crippen molar-refractivity contribution in [3.8, 4) is 11.5 Å². The topological polar surface area (TPSA) is 52.9 Å². The fourth-order valence-electron chi connectivity index (χ4n) is 2.06. The van der Waals surface area contributed by atoms with Crippen LogP contribution in [0.15, 0.2) is 18.2 Å². The lowest BCUT2D eigenvalue weighted by Gasteiger charge is -2.16. The van der Waals surface area contributed by atoms with Crippen LogP contribution in [-0.2, 0) is 6.54 Å². The molecule has 16 heavy (non-hydrogen) atoms. The van der Waals surface area contributed by atoms with Gasteiger partial charge in [0.15, 0.2) is 11.5 Å². The van der Waals surface area contributed by atoms with E-state index in [0.717, 1.165) is 18.5 Å². The lowest BCUT2D eigenvalue weighted by atomic mass is 10.2. The van der Waals surface area contributed by atoms with E-state index in [1.54, 1.807) is 13.2 Å². The van der Waals surface area contributed by atoms with Crippen LogP contribution in [0.1, 0.15) is 12.0 Å². The highest BCUT2D eigenvalue weighted by Gasteiger charge is 2.21. The van der Waals surface area contributed by atoms with Gasteiger partial charge in [-0.2, -0.15) is 0 Å². The minimum Gasteiger partial charge on any atom is -0.504 e. The van der Waals surface area contributed by atoms with Crippen LogP contribution in [0.25, 0.3) is 0 Å². The molecule has 0 spiro atoms. The average molecular weight is 223 g/mol. The normalized spacial score (nSPS) is 21.2. The van der Waals surface area contributed by atoms with Crippen LogP contribution in [0.5, 0.6) is 11.5 Å². The Labute approximate surface area is 95.1 Å². The van der Waals surface area contributed by atoms with Gasteiger partial charge in [-0.05, 0) is 12.5 Å². The smallest absolute Gasteiger partial charge is 0.162 e. The van der Waals surface area contributed by atoms with Crippen molar-refractivity contribution in [3.05, 3.63) is 23.8 Å². The number of aliphatic hydroxyl groups is 1. The lowest BCUT2D eigenvalue weighted by molar-refractivity contribution is 0.174. The molecule has 0 bridgehead atoms. The number of aliphatic hydroxyl groups excluding tert-OH is 1. The number of ether oxygens (including phenoxy) is 1. The number of likely N-dealkylation sites (tertiary alicyclic amines) is 1. The fourth-order valence-corrected chi connectivity index (χ4v) is 2.06. The molecular weight excluding hydrogens is 206 g/mol. The zero-order valence-electron chi connectivity index (χ0n) is 9.39. The highest BCUT2D eigenvalue weighted by atomic mass is 16.5. The predicted octanol–water partition coefficient (Wildman–Crippen LogP) is 0.967. The molecule has 0 aromatic heterocycles. The summed E-state index contributed by atoms with van der Waals surface area (Å²) in [5, 5.41) is 19.3. The van der Waals surface area contributed by atoms with Crippen molar-refractivity contribution in [3.63, 3.8) is 0 Å². The molecule has 2 N–H and O–H groups in total. The summed E-state index contributed by atoms with van der Waals surface area (Å²) in [7, 11) is 1.54. The van der Waals surface area contributed by atoms with Gasteiger partial charge in [-0.15, -0.1) is 0 Å². The highest BCUT2D eigenvalue weighted by Crippen LogP contribution is 2.30. The first kappa shape index (κ1) is 11.2. The molecule has 0 saturated carbocycles. The standard InChI is InChI=1S/C12H17NO3/c1-16-11-4-2-3-9(12(11)15)7-13-6-5-10(14)8-13/h2-4,10,14-15H,5-8H2,1H3/t10-/m1/s1. The van der Waals surface area contributed by atoms with Gasteiger partial charge in [0.25, 0.3) is 0 Å². The Hall–Kier alpha value is -1.26. The number of methoxy groups -OCH3 is 1. The first-order valence-corrected chi connectivity index (χ1v) is 5.46. The Bertz CT molecular complexity index is 367. The Morgan fingerprint density at radius 3 is 2.94 bits per heavy atom. The summed E-state index contributed by atoms with van der Waals surface area (Å²) in [6.45, 7) is 2.20. The largest absolute Gasteiger partial charge is 0.504 e. The van der Waals surface area contributed by atoms with Gasteiger partial charge in [0.2, 0.25) is 0 Å². The summed E-state index contributed by atoms with van der Waals surface area (Å²) in [5.74, 6) is 0.698. The van der Waals surface area contributed by atoms with E-state index in [1.165, 1.54) is 0 Å². The Morgan fingerprint density at radius 1 is 1.50 bits per heavy atom. The van der Waals surface area contributed by atoms with E-state index >= 15 is 0 Å². The number of para-hydroxylation sites is 1. The number of β-amino-alcohol motifs (C(OH)–C–C–N with tert-alkyl or cyclic N) is 1. The van der Waals surface area contributed by atoms with Crippen molar-refractivity contribution < 1.29 is 14.9 Å². The molecule has 1 aliphatic rings. The molecule has 1 heterocycles. The van der Waals surface area contributed by atoms with Gasteiger partial charge in [0, 0.05) is 25.2 Å². The molecule has 1 atom stereocenters. The SMILES string of the molecule is COc1cccc(CN2CC[C@@H](O)C2)c1O. The summed E-state index contributed by atoms with van der Waals surface area (Å²) >= 11 is 0. The van der Waals surface area contributed by atoms with E-state index in [0.29, 0.717) is 18.8 Å². The number of benzene rings is 1. The van der Waals surface area contributed by atoms with Crippen molar-refractivity contribution in [2.45, 2.75) is 19.1 Å². The van der Waals surface area contributed by atoms with Crippen molar-refractivity contribution in [2.24, 2.45) is 0 Å². The summed E-state index contributed by atoms with van der Waals surface area (Å²) in [6, 6.07) is 5.47. The summed E-state index contributed by atoms with van der Waals surface area (Å²) < 4.78 is 5.05. The van der Waals surface area contributed by atoms with Crippen LogP contribution >= 0.6 is 0 Å². The minimum atomic E-state index is -0.229. The maximum Gasteiger partial charge on any atom is 0.162 e. The van der Waals surface area contributed by atoms with Gasteiger partial charge in [-0.3, -0.25) is 4.90 Å². The van der Waals surface area contributed by atoms with E-state index in [-0.39, 0.29) is 11.9 Å². The van der Waals surface area contributed by atoms with E-state index in [2.05, 4.69) is 4.90 Å². The second-order valence-corrected chi connectivity index (χ2v) is 4.15. The third kappa shape index (κ3) is 2.28. The third-order valence-corrected chi connectivity index (χ3v) is 2.94. The van der Waals surface area contributed by atoms with Gasteiger partial charge >= 0.3 is 0 Å². The van der Waals surface area contributed by atoms with E-state index in [4.69, 9.17) is 4.74 Å². The monoisotopic (exact) mass is 223 g/mol. The maximum absolute atomic E-state index is 9.90. The van der Waals surface area contributed by atoms with Gasteiger partial charge in [-0.1, -0.05) is 12.1 Å². The summed E-state index contributed by atoms with van der Waals surface area (Å²) in [4.78, 5) is 2.12. The van der Waals surface area contributed by atoms with Crippen LogP contribution in [0.3, 0.4) is 0 Å². The molecule has 1 saturated heterocycles. The highest BCUT2D eigenvalue weighted by molar-refractivity contribution is 5.45. The van der Waals surface area contributed by atoms with Crippen molar-refractivity contribution >= 4 is 0 Å². The molecule has 88 valence electrons. The number of phenols is 1. The second kappa shape index (κ2) is 4.72. The molecule has 2 rings (SSSR count). The quantitative estimate of drug-likeness (QED) is 0.801. The number of hydrogen-bond donors (Lipinski definition) is 2. The molecule has 1 aromatic carbocycles. The average Bonchev–Trinajstić information content (AvgIpc) is 2.67. The molecule has 0 unspecified atom stereocenters. The number of aromatic hydroxyl groups is 1. The van der Waals surface area contributed by atoms with Crippen molar-refractivity contribution in [2.75, 3.05) is 20.2 Å². The minimum absolute atomic E-state index is 0.200. The first-order chi connectivity index (χ1) is 7.70. The van der Waals surface area contributed by atoms with Crippen LogP contribution in [-0.4, -0.2) is 41.4 Å². The molecule has 0 aliphatic carbocycles. The Balaban J connectivity index is 2.09. The number of phenolic OH excluding ortho intramolecular Hbond substituents is 1. The van der Waals surface area contributed by atoms with Crippen LogP contribution in [0, 0.1) is 0 Å². The molecule has 4 heteroatoms. The zero-order chi connectivity index (χ0) is 11.5. The van der Waals surface area contributed by atoms with Crippen LogP contribution < -0.4 is 4.74 Å².